The van der Waals surface area contributed by atoms with E-state index in [9.17, 15) is 9.59 Å². The van der Waals surface area contributed by atoms with Crippen LogP contribution >= 0.6 is 0 Å². The first-order valence-corrected chi connectivity index (χ1v) is 7.93. The topological polar surface area (TPSA) is 55.2 Å². The first-order chi connectivity index (χ1) is 10.1. The zero-order chi connectivity index (χ0) is 15.0. The average Bonchev–Trinajstić information content (AvgIpc) is 2.48. The fourth-order valence-electron chi connectivity index (χ4n) is 3.56. The number of hydrogen-bond acceptors (Lipinski definition) is 3. The number of likely N-dealkylation sites (tertiary alicyclic amines) is 1. The van der Waals surface area contributed by atoms with Gasteiger partial charge in [-0.2, -0.15) is 5.10 Å². The molecule has 5 heteroatoms. The molecule has 3 rings (SSSR count). The molecule has 1 aliphatic heterocycles. The largest absolute Gasteiger partial charge is 0.340 e. The summed E-state index contributed by atoms with van der Waals surface area (Å²) < 4.78 is 1.38. The minimum atomic E-state index is -0.0896. The van der Waals surface area contributed by atoms with E-state index < -0.39 is 0 Å². The highest BCUT2D eigenvalue weighted by molar-refractivity contribution is 5.80. The fraction of sp³-hybridized carbons (Fsp3) is 0.688. The highest BCUT2D eigenvalue weighted by Gasteiger charge is 2.32. The van der Waals surface area contributed by atoms with Gasteiger partial charge in [0.1, 0.15) is 0 Å². The molecule has 1 amide bonds. The van der Waals surface area contributed by atoms with Crippen molar-refractivity contribution in [1.82, 2.24) is 14.7 Å². The molecule has 0 saturated carbocycles. The molecule has 1 aromatic heterocycles. The summed E-state index contributed by atoms with van der Waals surface area (Å²) in [7, 11) is 1.68. The molecule has 2 atom stereocenters. The predicted octanol–water partition coefficient (Wildman–Crippen LogP) is 1.29. The van der Waals surface area contributed by atoms with Crippen LogP contribution in [0.15, 0.2) is 10.9 Å². The summed E-state index contributed by atoms with van der Waals surface area (Å²) in [5, 5.41) is 4.31. The van der Waals surface area contributed by atoms with Crippen LogP contribution in [0.5, 0.6) is 0 Å². The molecule has 1 saturated heterocycles. The van der Waals surface area contributed by atoms with Crippen LogP contribution in [0.4, 0.5) is 0 Å². The maximum Gasteiger partial charge on any atom is 0.266 e. The van der Waals surface area contributed by atoms with Gasteiger partial charge in [-0.25, -0.2) is 4.68 Å². The highest BCUT2D eigenvalue weighted by Crippen LogP contribution is 2.27. The number of carbonyl (C=O) groups excluding carboxylic acids is 1. The van der Waals surface area contributed by atoms with Gasteiger partial charge in [-0.05, 0) is 51.0 Å². The first kappa shape index (κ1) is 14.3. The Morgan fingerprint density at radius 1 is 1.33 bits per heavy atom. The van der Waals surface area contributed by atoms with E-state index in [0.29, 0.717) is 12.5 Å². The maximum atomic E-state index is 12.7. The van der Waals surface area contributed by atoms with Crippen molar-refractivity contribution in [3.05, 3.63) is 27.7 Å². The number of amides is 1. The lowest BCUT2D eigenvalue weighted by Crippen LogP contribution is -2.46. The molecular weight excluding hydrogens is 266 g/mol. The van der Waals surface area contributed by atoms with E-state index in [4.69, 9.17) is 0 Å². The van der Waals surface area contributed by atoms with Crippen LogP contribution in [0.1, 0.15) is 43.9 Å². The molecule has 0 bridgehead atoms. The number of aromatic nitrogens is 2. The highest BCUT2D eigenvalue weighted by atomic mass is 16.2. The van der Waals surface area contributed by atoms with Crippen molar-refractivity contribution >= 4 is 5.91 Å². The number of hydrogen-bond donors (Lipinski definition) is 0. The quantitative estimate of drug-likeness (QED) is 0.783. The Balaban J connectivity index is 1.78. The van der Waals surface area contributed by atoms with Crippen LogP contribution in [-0.4, -0.2) is 33.2 Å². The number of rotatable bonds is 1. The molecule has 0 radical (unpaired) electrons. The van der Waals surface area contributed by atoms with Gasteiger partial charge in [-0.15, -0.1) is 0 Å². The van der Waals surface area contributed by atoms with Crippen LogP contribution in [0, 0.1) is 5.92 Å². The minimum absolute atomic E-state index is 0.0203. The Kier molecular flexibility index (Phi) is 3.83. The van der Waals surface area contributed by atoms with Crippen LogP contribution in [-0.2, 0) is 24.7 Å². The summed E-state index contributed by atoms with van der Waals surface area (Å²) >= 11 is 0. The van der Waals surface area contributed by atoms with E-state index in [1.165, 1.54) is 11.1 Å². The molecule has 1 aromatic rings. The second-order valence-electron chi connectivity index (χ2n) is 6.39. The van der Waals surface area contributed by atoms with Crippen molar-refractivity contribution in [2.45, 2.75) is 51.5 Å². The van der Waals surface area contributed by atoms with Crippen LogP contribution in [0.3, 0.4) is 0 Å². The van der Waals surface area contributed by atoms with Crippen LogP contribution < -0.4 is 5.56 Å². The van der Waals surface area contributed by atoms with Gasteiger partial charge in [-0.1, -0.05) is 0 Å². The monoisotopic (exact) mass is 289 g/mol. The van der Waals surface area contributed by atoms with E-state index in [0.717, 1.165) is 43.5 Å². The molecule has 0 N–H and O–H groups in total. The molecule has 2 heterocycles. The molecule has 0 spiro atoms. The van der Waals surface area contributed by atoms with Gasteiger partial charge >= 0.3 is 0 Å². The lowest BCUT2D eigenvalue weighted by molar-refractivity contribution is -0.139. The van der Waals surface area contributed by atoms with Crippen molar-refractivity contribution in [3.63, 3.8) is 0 Å². The molecule has 0 aromatic carbocycles. The maximum absolute atomic E-state index is 12.7. The summed E-state index contributed by atoms with van der Waals surface area (Å²) in [6.45, 7) is 3.03. The summed E-state index contributed by atoms with van der Waals surface area (Å²) in [5.74, 6) is 0.292. The summed E-state index contributed by atoms with van der Waals surface area (Å²) in [6.07, 6.45) is 5.75. The minimum Gasteiger partial charge on any atom is -0.340 e. The van der Waals surface area contributed by atoms with Gasteiger partial charge in [0.25, 0.3) is 5.56 Å². The lowest BCUT2D eigenvalue weighted by atomic mass is 9.85. The van der Waals surface area contributed by atoms with Crippen molar-refractivity contribution < 1.29 is 4.79 Å². The predicted molar refractivity (Wildman–Crippen MR) is 80.0 cm³/mol. The molecular formula is C16H23N3O2. The van der Waals surface area contributed by atoms with Gasteiger partial charge in [0.15, 0.2) is 0 Å². The number of aryl methyl sites for hydroxylation is 2. The van der Waals surface area contributed by atoms with Crippen molar-refractivity contribution in [3.8, 4) is 0 Å². The Labute approximate surface area is 124 Å². The Hall–Kier alpha value is -1.65. The third kappa shape index (κ3) is 2.74. The van der Waals surface area contributed by atoms with Gasteiger partial charge in [0.2, 0.25) is 5.91 Å². The SMILES string of the molecule is CC1CCCCN1C(=O)C1CCc2nn(C)c(=O)cc2C1. The van der Waals surface area contributed by atoms with E-state index in [1.807, 2.05) is 4.90 Å². The average molecular weight is 289 g/mol. The summed E-state index contributed by atoms with van der Waals surface area (Å²) in [6, 6.07) is 2.01. The Morgan fingerprint density at radius 2 is 2.14 bits per heavy atom. The lowest BCUT2D eigenvalue weighted by Gasteiger charge is -2.37. The second kappa shape index (κ2) is 5.62. The van der Waals surface area contributed by atoms with E-state index in [2.05, 4.69) is 12.0 Å². The molecule has 114 valence electrons. The molecule has 5 nitrogen and oxygen atoms in total. The molecule has 2 aliphatic rings. The van der Waals surface area contributed by atoms with E-state index in [1.54, 1.807) is 13.1 Å². The van der Waals surface area contributed by atoms with Gasteiger partial charge in [0, 0.05) is 31.6 Å². The number of nitrogens with zero attached hydrogens (tertiary/aromatic N) is 3. The zero-order valence-electron chi connectivity index (χ0n) is 12.8. The smallest absolute Gasteiger partial charge is 0.266 e. The fourth-order valence-corrected chi connectivity index (χ4v) is 3.56. The number of fused-ring (bicyclic) bond motifs is 1. The van der Waals surface area contributed by atoms with Crippen LogP contribution in [0.2, 0.25) is 0 Å². The van der Waals surface area contributed by atoms with Gasteiger partial charge in [-0.3, -0.25) is 9.59 Å². The molecule has 2 unspecified atom stereocenters. The van der Waals surface area contributed by atoms with Crippen molar-refractivity contribution in [2.75, 3.05) is 6.54 Å². The third-order valence-electron chi connectivity index (χ3n) is 4.89. The normalized spacial score (nSPS) is 25.5. The number of piperidine rings is 1. The zero-order valence-corrected chi connectivity index (χ0v) is 12.8. The van der Waals surface area contributed by atoms with Crippen molar-refractivity contribution in [2.24, 2.45) is 13.0 Å². The Morgan fingerprint density at radius 3 is 2.90 bits per heavy atom. The summed E-state index contributed by atoms with van der Waals surface area (Å²) in [4.78, 5) is 26.5. The second-order valence-corrected chi connectivity index (χ2v) is 6.39. The third-order valence-corrected chi connectivity index (χ3v) is 4.89. The van der Waals surface area contributed by atoms with Gasteiger partial charge in [0.05, 0.1) is 5.69 Å². The Bertz CT molecular complexity index is 608. The first-order valence-electron chi connectivity index (χ1n) is 7.93. The summed E-state index contributed by atoms with van der Waals surface area (Å²) in [5.41, 5.74) is 1.85. The van der Waals surface area contributed by atoms with E-state index in [-0.39, 0.29) is 17.4 Å². The van der Waals surface area contributed by atoms with Crippen molar-refractivity contribution in [1.29, 1.82) is 0 Å². The molecule has 21 heavy (non-hydrogen) atoms. The van der Waals surface area contributed by atoms with Gasteiger partial charge < -0.3 is 4.90 Å². The molecule has 1 aliphatic carbocycles. The van der Waals surface area contributed by atoms with E-state index >= 15 is 0 Å². The number of carbonyl (C=O) groups is 1. The standard InChI is InChI=1S/C16H23N3O2/c1-11-5-3-4-8-19(11)16(21)12-6-7-14-13(9-12)10-15(20)18(2)17-14/h10-12H,3-9H2,1-2H3. The molecule has 1 fully saturated rings. The van der Waals surface area contributed by atoms with Crippen LogP contribution in [0.25, 0.3) is 0 Å².